The number of imidazole rings is 1. The summed E-state index contributed by atoms with van der Waals surface area (Å²) in [7, 11) is 0. The molecule has 0 spiro atoms. The van der Waals surface area contributed by atoms with E-state index < -0.39 is 0 Å². The normalized spacial score (nSPS) is 16.6. The topological polar surface area (TPSA) is 98.1 Å². The summed E-state index contributed by atoms with van der Waals surface area (Å²) in [6.07, 6.45) is 7.24. The van der Waals surface area contributed by atoms with Crippen molar-refractivity contribution in [2.45, 2.75) is 32.3 Å². The van der Waals surface area contributed by atoms with E-state index in [-0.39, 0.29) is 17.9 Å². The Kier molecular flexibility index (Phi) is 5.39. The van der Waals surface area contributed by atoms with Gasteiger partial charge >= 0.3 is 0 Å². The lowest BCUT2D eigenvalue weighted by molar-refractivity contribution is -0.115. The minimum atomic E-state index is -0.235. The predicted molar refractivity (Wildman–Crippen MR) is 91.6 cm³/mol. The molecule has 2 amide bonds. The minimum absolute atomic E-state index is 0.0672. The number of rotatable bonds is 6. The van der Waals surface area contributed by atoms with Crippen LogP contribution in [0.2, 0.25) is 0 Å². The van der Waals surface area contributed by atoms with Crippen LogP contribution in [-0.2, 0) is 9.53 Å². The fraction of sp³-hybridized carbons (Fsp3) is 0.412. The molecule has 8 nitrogen and oxygen atoms in total. The molecule has 1 atom stereocenters. The van der Waals surface area contributed by atoms with Crippen LogP contribution in [0.4, 0.5) is 5.69 Å². The molecule has 0 unspecified atom stereocenters. The molecular weight excluding hydrogens is 322 g/mol. The number of carbonyl (C=O) groups is 2. The fourth-order valence-corrected chi connectivity index (χ4v) is 2.53. The highest BCUT2D eigenvalue weighted by atomic mass is 16.5. The summed E-state index contributed by atoms with van der Waals surface area (Å²) in [6.45, 7) is 3.04. The van der Waals surface area contributed by atoms with Crippen molar-refractivity contribution in [3.05, 3.63) is 36.5 Å². The van der Waals surface area contributed by atoms with Crippen molar-refractivity contribution in [2.24, 2.45) is 0 Å². The third-order valence-corrected chi connectivity index (χ3v) is 3.95. The summed E-state index contributed by atoms with van der Waals surface area (Å²) in [5, 5.41) is 5.57. The zero-order chi connectivity index (χ0) is 17.6. The highest BCUT2D eigenvalue weighted by Crippen LogP contribution is 2.12. The average Bonchev–Trinajstić information content (AvgIpc) is 3.32. The second-order valence-corrected chi connectivity index (χ2v) is 5.82. The molecule has 0 bridgehead atoms. The first-order chi connectivity index (χ1) is 12.2. The van der Waals surface area contributed by atoms with E-state index in [2.05, 4.69) is 20.6 Å². The van der Waals surface area contributed by atoms with Gasteiger partial charge in [-0.3, -0.25) is 14.2 Å². The van der Waals surface area contributed by atoms with E-state index in [0.717, 1.165) is 19.4 Å². The van der Waals surface area contributed by atoms with Crippen molar-refractivity contribution >= 4 is 17.5 Å². The van der Waals surface area contributed by atoms with Gasteiger partial charge in [-0.2, -0.15) is 0 Å². The Balaban J connectivity index is 1.60. The lowest BCUT2D eigenvalue weighted by Crippen LogP contribution is -2.31. The van der Waals surface area contributed by atoms with E-state index in [1.54, 1.807) is 36.0 Å². The third kappa shape index (κ3) is 4.42. The smallest absolute Gasteiger partial charge is 0.271 e. The first-order valence-corrected chi connectivity index (χ1v) is 8.35. The first-order valence-electron chi connectivity index (χ1n) is 8.35. The Hall–Kier alpha value is -2.74. The minimum Gasteiger partial charge on any atom is -0.376 e. The molecule has 1 aliphatic rings. The molecule has 2 aromatic rings. The van der Waals surface area contributed by atoms with Gasteiger partial charge in [-0.05, 0) is 25.0 Å². The van der Waals surface area contributed by atoms with E-state index in [9.17, 15) is 9.59 Å². The van der Waals surface area contributed by atoms with E-state index in [1.807, 2.05) is 0 Å². The maximum Gasteiger partial charge on any atom is 0.271 e. The number of anilines is 1. The summed E-state index contributed by atoms with van der Waals surface area (Å²) >= 11 is 0. The molecule has 0 saturated carbocycles. The van der Waals surface area contributed by atoms with Crippen LogP contribution in [0.15, 0.2) is 30.9 Å². The third-order valence-electron chi connectivity index (χ3n) is 3.95. The van der Waals surface area contributed by atoms with Crippen molar-refractivity contribution in [1.29, 1.82) is 0 Å². The van der Waals surface area contributed by atoms with Crippen molar-refractivity contribution in [3.8, 4) is 5.82 Å². The van der Waals surface area contributed by atoms with Gasteiger partial charge in [0.1, 0.15) is 17.8 Å². The molecule has 25 heavy (non-hydrogen) atoms. The molecule has 8 heteroatoms. The van der Waals surface area contributed by atoms with Gasteiger partial charge in [-0.15, -0.1) is 0 Å². The van der Waals surface area contributed by atoms with Crippen LogP contribution < -0.4 is 10.6 Å². The predicted octanol–water partition coefficient (Wildman–Crippen LogP) is 1.52. The Morgan fingerprint density at radius 2 is 2.24 bits per heavy atom. The second kappa shape index (κ2) is 7.89. The van der Waals surface area contributed by atoms with Crippen LogP contribution in [0.3, 0.4) is 0 Å². The number of amides is 2. The first kappa shape index (κ1) is 17.1. The highest BCUT2D eigenvalue weighted by molar-refractivity contribution is 5.92. The zero-order valence-corrected chi connectivity index (χ0v) is 14.1. The summed E-state index contributed by atoms with van der Waals surface area (Å²) in [5.41, 5.74) is 0.952. The number of ether oxygens (including phenoxy) is 1. The molecule has 1 fully saturated rings. The van der Waals surface area contributed by atoms with Crippen LogP contribution >= 0.6 is 0 Å². The molecule has 0 radical (unpaired) electrons. The number of nitrogens with zero attached hydrogens (tertiary/aromatic N) is 3. The summed E-state index contributed by atoms with van der Waals surface area (Å²) in [4.78, 5) is 31.9. The maximum absolute atomic E-state index is 12.1. The van der Waals surface area contributed by atoms with Gasteiger partial charge in [0, 0.05) is 25.8 Å². The van der Waals surface area contributed by atoms with Gasteiger partial charge in [-0.25, -0.2) is 9.97 Å². The standard InChI is InChI=1S/C17H21N5O3/c1-2-16(23)21-12-5-6-15(18-8-12)22-10-14(20-11-22)17(24)19-9-13-4-3-7-25-13/h5-6,8,10-11,13H,2-4,7,9H2,1H3,(H,19,24)(H,21,23)/t13-/m0/s1. The van der Waals surface area contributed by atoms with E-state index >= 15 is 0 Å². The fourth-order valence-electron chi connectivity index (χ4n) is 2.53. The number of aromatic nitrogens is 3. The molecule has 1 aliphatic heterocycles. The maximum atomic E-state index is 12.1. The SMILES string of the molecule is CCC(=O)Nc1ccc(-n2cnc(C(=O)NC[C@@H]3CCCO3)c2)nc1. The summed E-state index contributed by atoms with van der Waals surface area (Å²) < 4.78 is 7.14. The van der Waals surface area contributed by atoms with Gasteiger partial charge in [0.2, 0.25) is 5.91 Å². The van der Waals surface area contributed by atoms with Crippen molar-refractivity contribution in [1.82, 2.24) is 19.9 Å². The largest absolute Gasteiger partial charge is 0.376 e. The van der Waals surface area contributed by atoms with Gasteiger partial charge in [0.05, 0.1) is 18.0 Å². The Labute approximate surface area is 145 Å². The van der Waals surface area contributed by atoms with Crippen LogP contribution in [0.5, 0.6) is 0 Å². The van der Waals surface area contributed by atoms with Crippen LogP contribution in [0.25, 0.3) is 5.82 Å². The van der Waals surface area contributed by atoms with Gasteiger partial charge < -0.3 is 15.4 Å². The molecule has 2 N–H and O–H groups in total. The van der Waals surface area contributed by atoms with E-state index in [0.29, 0.717) is 30.2 Å². The molecule has 1 saturated heterocycles. The second-order valence-electron chi connectivity index (χ2n) is 5.82. The number of nitrogens with one attached hydrogen (secondary N) is 2. The van der Waals surface area contributed by atoms with Gasteiger partial charge in [-0.1, -0.05) is 6.92 Å². The Morgan fingerprint density at radius 3 is 2.92 bits per heavy atom. The quantitative estimate of drug-likeness (QED) is 0.829. The van der Waals surface area contributed by atoms with Gasteiger partial charge in [0.15, 0.2) is 0 Å². The monoisotopic (exact) mass is 343 g/mol. The van der Waals surface area contributed by atoms with E-state index in [4.69, 9.17) is 4.74 Å². The van der Waals surface area contributed by atoms with E-state index in [1.165, 1.54) is 6.33 Å². The van der Waals surface area contributed by atoms with Gasteiger partial charge in [0.25, 0.3) is 5.91 Å². The summed E-state index contributed by atoms with van der Waals surface area (Å²) in [5.74, 6) is 0.309. The average molecular weight is 343 g/mol. The molecule has 3 heterocycles. The number of hydrogen-bond donors (Lipinski definition) is 2. The van der Waals surface area contributed by atoms with Crippen molar-refractivity contribution in [2.75, 3.05) is 18.5 Å². The number of carbonyl (C=O) groups excluding carboxylic acids is 2. The summed E-state index contributed by atoms with van der Waals surface area (Å²) in [6, 6.07) is 3.51. The lowest BCUT2D eigenvalue weighted by atomic mass is 10.2. The molecule has 0 aliphatic carbocycles. The highest BCUT2D eigenvalue weighted by Gasteiger charge is 2.17. The molecule has 132 valence electrons. The molecular formula is C17H21N5O3. The van der Waals surface area contributed by atoms with Crippen LogP contribution in [0.1, 0.15) is 36.7 Å². The Bertz CT molecular complexity index is 735. The zero-order valence-electron chi connectivity index (χ0n) is 14.1. The number of pyridine rings is 1. The molecule has 0 aromatic carbocycles. The van der Waals surface area contributed by atoms with Crippen molar-refractivity contribution < 1.29 is 14.3 Å². The molecule has 2 aromatic heterocycles. The Morgan fingerprint density at radius 1 is 1.36 bits per heavy atom. The number of hydrogen-bond acceptors (Lipinski definition) is 5. The van der Waals surface area contributed by atoms with Crippen LogP contribution in [0, 0.1) is 0 Å². The van der Waals surface area contributed by atoms with Crippen molar-refractivity contribution in [3.63, 3.8) is 0 Å². The lowest BCUT2D eigenvalue weighted by Gasteiger charge is -2.09. The molecule has 3 rings (SSSR count). The van der Waals surface area contributed by atoms with Crippen LogP contribution in [-0.4, -0.2) is 45.6 Å².